The van der Waals surface area contributed by atoms with Crippen LogP contribution in [0.25, 0.3) is 0 Å². The van der Waals surface area contributed by atoms with Crippen molar-refractivity contribution in [2.45, 2.75) is 63.3 Å². The predicted molar refractivity (Wildman–Crippen MR) is 82.2 cm³/mol. The molecule has 4 atom stereocenters. The molecule has 0 aliphatic heterocycles. The van der Waals surface area contributed by atoms with Crippen LogP contribution in [0.1, 0.15) is 20.8 Å². The summed E-state index contributed by atoms with van der Waals surface area (Å²) in [6.07, 6.45) is -2.19. The Labute approximate surface area is 123 Å². The molecule has 0 spiro atoms. The summed E-state index contributed by atoms with van der Waals surface area (Å²) in [5.41, 5.74) is 0. The fourth-order valence-electron chi connectivity index (χ4n) is 1.55. The SMILES string of the molecule is CC(C)(C)[Si](C)(C)O[C@H]1[C@H](O)[C@@H](O)C=C(I)[C@@H]1O. The molecule has 0 radical (unpaired) electrons. The van der Waals surface area contributed by atoms with E-state index < -0.39 is 32.7 Å². The van der Waals surface area contributed by atoms with E-state index in [9.17, 15) is 15.3 Å². The second kappa shape index (κ2) is 5.49. The molecule has 1 aliphatic rings. The highest BCUT2D eigenvalue weighted by Gasteiger charge is 2.45. The molecule has 1 aliphatic carbocycles. The minimum Gasteiger partial charge on any atom is -0.408 e. The summed E-state index contributed by atoms with van der Waals surface area (Å²) in [5, 5.41) is 29.8. The largest absolute Gasteiger partial charge is 0.408 e. The number of rotatable bonds is 2. The number of halogens is 1. The van der Waals surface area contributed by atoms with Gasteiger partial charge < -0.3 is 19.7 Å². The molecule has 0 saturated heterocycles. The normalized spacial score (nSPS) is 34.4. The van der Waals surface area contributed by atoms with Crippen molar-refractivity contribution >= 4 is 30.9 Å². The van der Waals surface area contributed by atoms with Crippen LogP contribution in [0.5, 0.6) is 0 Å². The first-order valence-electron chi connectivity index (χ1n) is 6.06. The zero-order valence-corrected chi connectivity index (χ0v) is 14.7. The van der Waals surface area contributed by atoms with Crippen LogP contribution in [0.2, 0.25) is 18.1 Å². The predicted octanol–water partition coefficient (Wildman–Crippen LogP) is 1.79. The molecule has 18 heavy (non-hydrogen) atoms. The highest BCUT2D eigenvalue weighted by molar-refractivity contribution is 14.1. The van der Waals surface area contributed by atoms with Crippen LogP contribution >= 0.6 is 22.6 Å². The average molecular weight is 386 g/mol. The van der Waals surface area contributed by atoms with Gasteiger partial charge in [-0.2, -0.15) is 0 Å². The molecule has 106 valence electrons. The smallest absolute Gasteiger partial charge is 0.192 e. The van der Waals surface area contributed by atoms with Gasteiger partial charge in [0.25, 0.3) is 0 Å². The van der Waals surface area contributed by atoms with E-state index in [0.717, 1.165) is 0 Å². The molecule has 0 fully saturated rings. The van der Waals surface area contributed by atoms with Gasteiger partial charge >= 0.3 is 0 Å². The summed E-state index contributed by atoms with van der Waals surface area (Å²) >= 11 is 1.97. The quantitative estimate of drug-likeness (QED) is 0.500. The number of aliphatic hydroxyl groups is 3. The van der Waals surface area contributed by atoms with E-state index in [-0.39, 0.29) is 5.04 Å². The van der Waals surface area contributed by atoms with Crippen molar-refractivity contribution < 1.29 is 19.7 Å². The van der Waals surface area contributed by atoms with Crippen LogP contribution in [-0.2, 0) is 4.43 Å². The lowest BCUT2D eigenvalue weighted by molar-refractivity contribution is -0.0825. The van der Waals surface area contributed by atoms with Crippen LogP contribution in [0.4, 0.5) is 0 Å². The number of aliphatic hydroxyl groups excluding tert-OH is 3. The van der Waals surface area contributed by atoms with Gasteiger partial charge in [-0.1, -0.05) is 20.8 Å². The topological polar surface area (TPSA) is 69.9 Å². The molecule has 0 aromatic carbocycles. The van der Waals surface area contributed by atoms with Crippen molar-refractivity contribution in [3.05, 3.63) is 9.66 Å². The van der Waals surface area contributed by atoms with Gasteiger partial charge in [-0.15, -0.1) is 0 Å². The van der Waals surface area contributed by atoms with Crippen molar-refractivity contribution in [2.75, 3.05) is 0 Å². The summed E-state index contributed by atoms with van der Waals surface area (Å²) in [6.45, 7) is 10.4. The summed E-state index contributed by atoms with van der Waals surface area (Å²) in [4.78, 5) is 0. The van der Waals surface area contributed by atoms with Gasteiger partial charge in [-0.3, -0.25) is 0 Å². The summed E-state index contributed by atoms with van der Waals surface area (Å²) in [6, 6.07) is 0. The zero-order chi connectivity index (χ0) is 14.3. The Kier molecular flexibility index (Phi) is 5.06. The van der Waals surface area contributed by atoms with Gasteiger partial charge in [0.2, 0.25) is 0 Å². The minimum atomic E-state index is -2.10. The molecule has 0 amide bonds. The van der Waals surface area contributed by atoms with Crippen molar-refractivity contribution in [1.82, 2.24) is 0 Å². The van der Waals surface area contributed by atoms with Gasteiger partial charge in [0.15, 0.2) is 8.32 Å². The van der Waals surface area contributed by atoms with E-state index in [0.29, 0.717) is 3.58 Å². The molecular weight excluding hydrogens is 363 g/mol. The van der Waals surface area contributed by atoms with Gasteiger partial charge in [-0.25, -0.2) is 0 Å². The molecule has 4 nitrogen and oxygen atoms in total. The molecule has 0 unspecified atom stereocenters. The van der Waals surface area contributed by atoms with E-state index in [4.69, 9.17) is 4.43 Å². The van der Waals surface area contributed by atoms with E-state index in [1.165, 1.54) is 6.08 Å². The third-order valence-electron chi connectivity index (χ3n) is 3.85. The van der Waals surface area contributed by atoms with Crippen molar-refractivity contribution in [3.63, 3.8) is 0 Å². The Bertz CT molecular complexity index is 337. The Hall–Kier alpha value is 0.527. The molecule has 0 aromatic heterocycles. The van der Waals surface area contributed by atoms with Crippen LogP contribution in [0.3, 0.4) is 0 Å². The van der Waals surface area contributed by atoms with Crippen molar-refractivity contribution in [2.24, 2.45) is 0 Å². The Morgan fingerprint density at radius 1 is 1.22 bits per heavy atom. The lowest BCUT2D eigenvalue weighted by Crippen LogP contribution is -2.55. The maximum Gasteiger partial charge on any atom is 0.192 e. The van der Waals surface area contributed by atoms with Crippen LogP contribution in [0, 0.1) is 0 Å². The number of hydrogen-bond acceptors (Lipinski definition) is 4. The summed E-state index contributed by atoms with van der Waals surface area (Å²) in [5.74, 6) is 0. The molecule has 0 saturated carbocycles. The third kappa shape index (κ3) is 3.34. The maximum atomic E-state index is 10.1. The zero-order valence-electron chi connectivity index (χ0n) is 11.5. The molecule has 0 heterocycles. The van der Waals surface area contributed by atoms with Gasteiger partial charge in [0, 0.05) is 3.58 Å². The number of hydrogen-bond donors (Lipinski definition) is 3. The molecular formula is C12H23IO4Si. The Morgan fingerprint density at radius 2 is 1.72 bits per heavy atom. The first-order valence-corrected chi connectivity index (χ1v) is 10.1. The van der Waals surface area contributed by atoms with Gasteiger partial charge in [0.05, 0.1) is 0 Å². The summed E-state index contributed by atoms with van der Waals surface area (Å²) < 4.78 is 6.66. The van der Waals surface area contributed by atoms with Gasteiger partial charge in [0.1, 0.15) is 24.4 Å². The molecule has 1 rings (SSSR count). The first kappa shape index (κ1) is 16.6. The second-order valence-electron chi connectivity index (χ2n) is 6.32. The Balaban J connectivity index is 2.93. The first-order chi connectivity index (χ1) is 7.97. The van der Waals surface area contributed by atoms with Crippen LogP contribution in [0.15, 0.2) is 9.66 Å². The minimum absolute atomic E-state index is 0.00993. The molecule has 3 N–H and O–H groups in total. The summed E-state index contributed by atoms with van der Waals surface area (Å²) in [7, 11) is -2.10. The van der Waals surface area contributed by atoms with E-state index in [1.54, 1.807) is 0 Å². The van der Waals surface area contributed by atoms with Crippen molar-refractivity contribution in [1.29, 1.82) is 0 Å². The fourth-order valence-corrected chi connectivity index (χ4v) is 3.57. The third-order valence-corrected chi connectivity index (χ3v) is 9.32. The highest BCUT2D eigenvalue weighted by atomic mass is 127. The monoisotopic (exact) mass is 386 g/mol. The Morgan fingerprint density at radius 3 is 2.17 bits per heavy atom. The second-order valence-corrected chi connectivity index (χ2v) is 12.3. The molecule has 0 aromatic rings. The molecule has 6 heteroatoms. The van der Waals surface area contributed by atoms with Crippen LogP contribution < -0.4 is 0 Å². The lowest BCUT2D eigenvalue weighted by Gasteiger charge is -2.43. The van der Waals surface area contributed by atoms with Crippen LogP contribution in [-0.4, -0.2) is 48.1 Å². The van der Waals surface area contributed by atoms with Gasteiger partial charge in [-0.05, 0) is 46.8 Å². The molecule has 0 bridgehead atoms. The average Bonchev–Trinajstić information content (AvgIpc) is 2.20. The highest BCUT2D eigenvalue weighted by Crippen LogP contribution is 2.39. The maximum absolute atomic E-state index is 10.1. The lowest BCUT2D eigenvalue weighted by atomic mass is 9.96. The fraction of sp³-hybridized carbons (Fsp3) is 0.833. The van der Waals surface area contributed by atoms with Crippen molar-refractivity contribution in [3.8, 4) is 0 Å². The van der Waals surface area contributed by atoms with E-state index in [2.05, 4.69) is 33.9 Å². The standard InChI is InChI=1S/C12H23IO4Si/c1-12(2,3)18(4,5)17-11-9(15)7(13)6-8(14)10(11)16/h6,8-11,14-16H,1-5H3/t8-,9-,10+,11+/m0/s1. The van der Waals surface area contributed by atoms with E-state index >= 15 is 0 Å². The van der Waals surface area contributed by atoms with E-state index in [1.807, 2.05) is 22.6 Å².